The Hall–Kier alpha value is -7.02. The number of aromatic nitrogens is 3. The number of aryl methyl sites for hydroxylation is 3. The van der Waals surface area contributed by atoms with Crippen molar-refractivity contribution in [1.82, 2.24) is 30.9 Å². The number of rotatable bonds is 18. The number of amides is 6. The van der Waals surface area contributed by atoms with E-state index >= 15 is 0 Å². The first-order valence-electron chi connectivity index (χ1n) is 23.3. The van der Waals surface area contributed by atoms with Crippen LogP contribution in [0.3, 0.4) is 0 Å². The standard InChI is InChI=1S/3C18H18N2O3S/c1-12-6-8-19-14(10-12)7-9-23-15-4-2-13(3-5-15)11-16-17(21)20-18(22)24-16;1-12-3-2-9-19-15(12)8-10-23-14-6-4-13(5-7-14)11-16-17(21)20-18(22)24-16;1-12-3-2-4-14(19-12)9-10-23-15-7-5-13(6-8-15)11-16-17(21)20-18(22)24-16/h2-6,8,10,16H,7,9,11H2,1H3,(H,20,21,22);2-7,9,16H,8,10-11H2,1H3,(H,20,21,22);2-8,16H,9-11H2,1H3,(H,20,21,22). The highest BCUT2D eigenvalue weighted by molar-refractivity contribution is 8.15. The zero-order chi connectivity index (χ0) is 50.8. The van der Waals surface area contributed by atoms with Crippen LogP contribution in [-0.2, 0) is 52.9 Å². The Labute approximate surface area is 430 Å². The summed E-state index contributed by atoms with van der Waals surface area (Å²) in [5, 5.41) is 5.09. The molecule has 372 valence electrons. The molecule has 0 spiro atoms. The van der Waals surface area contributed by atoms with E-state index in [1.807, 2.05) is 130 Å². The maximum Gasteiger partial charge on any atom is 0.286 e. The van der Waals surface area contributed by atoms with Crippen molar-refractivity contribution in [2.75, 3.05) is 19.8 Å². The van der Waals surface area contributed by atoms with Gasteiger partial charge in [-0.25, -0.2) is 0 Å². The van der Waals surface area contributed by atoms with Gasteiger partial charge in [-0.15, -0.1) is 0 Å². The molecule has 3 N–H and O–H groups in total. The number of imide groups is 3. The Bertz CT molecular complexity index is 2720. The van der Waals surface area contributed by atoms with Gasteiger partial charge < -0.3 is 14.2 Å². The summed E-state index contributed by atoms with van der Waals surface area (Å²) < 4.78 is 17.2. The lowest BCUT2D eigenvalue weighted by Gasteiger charge is -2.09. The van der Waals surface area contributed by atoms with E-state index in [0.29, 0.717) is 39.1 Å². The number of nitrogens with zero attached hydrogens (tertiary/aromatic N) is 3. The lowest BCUT2D eigenvalue weighted by Crippen LogP contribution is -2.25. The van der Waals surface area contributed by atoms with Gasteiger partial charge in [0.15, 0.2) is 0 Å². The average Bonchev–Trinajstić information content (AvgIpc) is 3.98. The number of thioether (sulfide) groups is 3. The number of carbonyl (C=O) groups excluding carboxylic acids is 6. The number of nitrogens with one attached hydrogen (secondary N) is 3. The molecular formula is C54H54N6O9S3. The summed E-state index contributed by atoms with van der Waals surface area (Å²) in [6.07, 6.45) is 7.48. The van der Waals surface area contributed by atoms with Crippen LogP contribution in [-0.4, -0.2) is 84.0 Å². The predicted octanol–water partition coefficient (Wildman–Crippen LogP) is 8.72. The molecule has 18 heteroatoms. The lowest BCUT2D eigenvalue weighted by molar-refractivity contribution is -0.119. The molecule has 15 nitrogen and oxygen atoms in total. The van der Waals surface area contributed by atoms with E-state index in [1.165, 1.54) is 11.1 Å². The maximum absolute atomic E-state index is 11.6. The molecule has 6 amide bonds. The monoisotopic (exact) mass is 1030 g/mol. The van der Waals surface area contributed by atoms with Crippen LogP contribution in [0.1, 0.15) is 50.6 Å². The van der Waals surface area contributed by atoms with E-state index in [0.717, 1.165) is 111 Å². The fourth-order valence-electron chi connectivity index (χ4n) is 7.46. The van der Waals surface area contributed by atoms with Crippen LogP contribution in [0.15, 0.2) is 128 Å². The lowest BCUT2D eigenvalue weighted by atomic mass is 10.1. The second kappa shape index (κ2) is 26.4. The molecule has 9 rings (SSSR count). The van der Waals surface area contributed by atoms with Crippen molar-refractivity contribution in [2.45, 2.75) is 75.0 Å². The van der Waals surface area contributed by atoms with Gasteiger partial charge in [-0.2, -0.15) is 0 Å². The fraction of sp³-hybridized carbons (Fsp3) is 0.278. The molecule has 3 aromatic carbocycles. The van der Waals surface area contributed by atoms with Gasteiger partial charge in [0.1, 0.15) is 17.2 Å². The molecule has 3 aromatic heterocycles. The number of carbonyl (C=O) groups is 6. The first-order valence-corrected chi connectivity index (χ1v) is 25.9. The second-order valence-corrected chi connectivity index (χ2v) is 20.4. The van der Waals surface area contributed by atoms with Gasteiger partial charge in [-0.05, 0) is 135 Å². The summed E-state index contributed by atoms with van der Waals surface area (Å²) >= 11 is 3.14. The maximum atomic E-state index is 11.6. The van der Waals surface area contributed by atoms with Crippen molar-refractivity contribution in [1.29, 1.82) is 0 Å². The largest absolute Gasteiger partial charge is 0.493 e. The molecule has 72 heavy (non-hydrogen) atoms. The van der Waals surface area contributed by atoms with Gasteiger partial charge in [-0.1, -0.05) is 83.8 Å². The van der Waals surface area contributed by atoms with E-state index in [1.54, 1.807) is 12.4 Å². The topological polar surface area (TPSA) is 205 Å². The second-order valence-electron chi connectivity index (χ2n) is 16.9. The summed E-state index contributed by atoms with van der Waals surface area (Å²) in [4.78, 5) is 81.3. The van der Waals surface area contributed by atoms with Crippen molar-refractivity contribution >= 4 is 68.7 Å². The number of ether oxygens (including phenoxy) is 3. The number of benzene rings is 3. The van der Waals surface area contributed by atoms with Crippen LogP contribution in [0.25, 0.3) is 0 Å². The molecule has 3 aliphatic rings. The Morgan fingerprint density at radius 2 is 0.917 bits per heavy atom. The van der Waals surface area contributed by atoms with Crippen molar-refractivity contribution < 1.29 is 43.0 Å². The first-order chi connectivity index (χ1) is 34.8. The summed E-state index contributed by atoms with van der Waals surface area (Å²) in [5.74, 6) is 1.71. The molecule has 0 saturated carbocycles. The quantitative estimate of drug-likeness (QED) is 0.0737. The minimum Gasteiger partial charge on any atom is -0.493 e. The highest BCUT2D eigenvalue weighted by Crippen LogP contribution is 2.27. The van der Waals surface area contributed by atoms with Gasteiger partial charge in [0, 0.05) is 54.4 Å². The highest BCUT2D eigenvalue weighted by atomic mass is 32.2. The molecule has 3 aliphatic heterocycles. The molecule has 3 unspecified atom stereocenters. The first kappa shape index (κ1) is 52.8. The van der Waals surface area contributed by atoms with Crippen LogP contribution in [0.4, 0.5) is 14.4 Å². The Balaban J connectivity index is 0.000000158. The Morgan fingerprint density at radius 3 is 1.32 bits per heavy atom. The smallest absolute Gasteiger partial charge is 0.286 e. The fourth-order valence-corrected chi connectivity index (χ4v) is 10.0. The third kappa shape index (κ3) is 16.8. The molecular weight excluding hydrogens is 973 g/mol. The zero-order valence-corrected chi connectivity index (χ0v) is 42.4. The minimum atomic E-state index is -0.337. The van der Waals surface area contributed by atoms with Gasteiger partial charge >= 0.3 is 0 Å². The molecule has 0 radical (unpaired) electrons. The normalized spacial score (nSPS) is 17.0. The van der Waals surface area contributed by atoms with Gasteiger partial charge in [0.2, 0.25) is 17.7 Å². The van der Waals surface area contributed by atoms with Gasteiger partial charge in [0.05, 0.1) is 35.6 Å². The summed E-state index contributed by atoms with van der Waals surface area (Å²) in [7, 11) is 0. The molecule has 3 saturated heterocycles. The Kier molecular flexibility index (Phi) is 19.4. The van der Waals surface area contributed by atoms with Crippen LogP contribution < -0.4 is 30.2 Å². The van der Waals surface area contributed by atoms with E-state index < -0.39 is 0 Å². The summed E-state index contributed by atoms with van der Waals surface area (Å²) in [6, 6.07) is 36.8. The third-order valence-electron chi connectivity index (χ3n) is 11.2. The molecule has 6 aromatic rings. The average molecular weight is 1030 g/mol. The molecule has 0 aliphatic carbocycles. The molecule has 6 heterocycles. The van der Waals surface area contributed by atoms with Crippen LogP contribution in [0.2, 0.25) is 0 Å². The number of pyridine rings is 3. The van der Waals surface area contributed by atoms with Crippen molar-refractivity contribution in [2.24, 2.45) is 0 Å². The molecule has 0 bridgehead atoms. The SMILES string of the molecule is Cc1cccc(CCOc2ccc(CC3SC(=O)NC3=O)cc2)n1.Cc1cccnc1CCOc1ccc(CC2SC(=O)NC2=O)cc1.Cc1ccnc(CCOc2ccc(CC3SC(=O)NC3=O)cc2)c1. The van der Waals surface area contributed by atoms with Gasteiger partial charge in [0.25, 0.3) is 15.7 Å². The van der Waals surface area contributed by atoms with Crippen molar-refractivity contribution in [3.8, 4) is 17.2 Å². The summed E-state index contributed by atoms with van der Waals surface area (Å²) in [6.45, 7) is 7.74. The van der Waals surface area contributed by atoms with Crippen molar-refractivity contribution in [3.05, 3.63) is 178 Å². The highest BCUT2D eigenvalue weighted by Gasteiger charge is 2.33. The minimum absolute atomic E-state index is 0.212. The zero-order valence-electron chi connectivity index (χ0n) is 40.0. The Morgan fingerprint density at radius 1 is 0.472 bits per heavy atom. The van der Waals surface area contributed by atoms with Crippen molar-refractivity contribution in [3.63, 3.8) is 0 Å². The number of hydrogen-bond donors (Lipinski definition) is 3. The van der Waals surface area contributed by atoms with Crippen LogP contribution in [0, 0.1) is 20.8 Å². The van der Waals surface area contributed by atoms with Crippen LogP contribution >= 0.6 is 35.3 Å². The van der Waals surface area contributed by atoms with E-state index in [-0.39, 0.29) is 49.2 Å². The van der Waals surface area contributed by atoms with Crippen LogP contribution in [0.5, 0.6) is 17.2 Å². The third-order valence-corrected chi connectivity index (χ3v) is 14.2. The summed E-state index contributed by atoms with van der Waals surface area (Å²) in [5.41, 5.74) is 9.45. The van der Waals surface area contributed by atoms with E-state index in [9.17, 15) is 28.8 Å². The van der Waals surface area contributed by atoms with Gasteiger partial charge in [-0.3, -0.25) is 59.7 Å². The molecule has 3 fully saturated rings. The van der Waals surface area contributed by atoms with E-state index in [4.69, 9.17) is 14.2 Å². The van der Waals surface area contributed by atoms with E-state index in [2.05, 4.69) is 37.0 Å². The molecule has 3 atom stereocenters. The predicted molar refractivity (Wildman–Crippen MR) is 280 cm³/mol. The number of hydrogen-bond acceptors (Lipinski definition) is 15.